The SMILES string of the molecule is CCCCCCC1CC[C@@H]2C[C@H](c3ccc(-c4ccc(OC)c(F)c4)c(F)c3)CC[C@@H]2C1. The molecule has 32 heavy (non-hydrogen) atoms. The van der Waals surface area contributed by atoms with Gasteiger partial charge in [-0.25, -0.2) is 8.78 Å². The molecule has 2 aromatic rings. The normalized spacial score (nSPS) is 25.4. The van der Waals surface area contributed by atoms with E-state index in [4.69, 9.17) is 4.74 Å². The molecule has 2 saturated carbocycles. The van der Waals surface area contributed by atoms with Gasteiger partial charge in [0.1, 0.15) is 5.82 Å². The van der Waals surface area contributed by atoms with E-state index >= 15 is 4.39 Å². The second kappa shape index (κ2) is 10.8. The van der Waals surface area contributed by atoms with Crippen LogP contribution in [-0.2, 0) is 0 Å². The van der Waals surface area contributed by atoms with Crippen LogP contribution in [0, 0.1) is 29.4 Å². The molecule has 0 aliphatic heterocycles. The number of rotatable bonds is 8. The second-order valence-corrected chi connectivity index (χ2v) is 10.1. The van der Waals surface area contributed by atoms with Crippen LogP contribution in [0.25, 0.3) is 11.1 Å². The van der Waals surface area contributed by atoms with E-state index in [1.54, 1.807) is 18.2 Å². The highest BCUT2D eigenvalue weighted by atomic mass is 19.1. The minimum absolute atomic E-state index is 0.179. The van der Waals surface area contributed by atoms with Crippen molar-refractivity contribution in [2.45, 2.75) is 83.5 Å². The molecule has 4 atom stereocenters. The van der Waals surface area contributed by atoms with E-state index < -0.39 is 5.82 Å². The Morgan fingerprint density at radius 2 is 1.66 bits per heavy atom. The molecular formula is C29H38F2O. The number of halogens is 2. The molecule has 174 valence electrons. The summed E-state index contributed by atoms with van der Waals surface area (Å²) in [4.78, 5) is 0. The molecule has 0 spiro atoms. The molecule has 0 radical (unpaired) electrons. The molecule has 1 unspecified atom stereocenters. The van der Waals surface area contributed by atoms with Crippen molar-refractivity contribution in [3.8, 4) is 16.9 Å². The quantitative estimate of drug-likeness (QED) is 0.372. The third-order valence-electron chi connectivity index (χ3n) is 8.11. The Labute approximate surface area is 192 Å². The summed E-state index contributed by atoms with van der Waals surface area (Å²) >= 11 is 0. The summed E-state index contributed by atoms with van der Waals surface area (Å²) in [5.74, 6) is 2.53. The molecule has 0 saturated heterocycles. The standard InChI is InChI=1S/C29H38F2O/c1-3-4-5-6-7-20-8-9-22-17-23(11-10-21(22)16-20)24-12-14-26(27(30)18-24)25-13-15-29(32-2)28(31)19-25/h12-15,18-23H,3-11,16-17H2,1-2H3/t20?,21-,22-,23-/m1/s1. The molecule has 0 amide bonds. The summed E-state index contributed by atoms with van der Waals surface area (Å²) in [5.41, 5.74) is 2.11. The fourth-order valence-corrected chi connectivity index (χ4v) is 6.26. The number of unbranched alkanes of at least 4 members (excludes halogenated alkanes) is 3. The maximum atomic E-state index is 15.0. The van der Waals surface area contributed by atoms with Crippen molar-refractivity contribution < 1.29 is 13.5 Å². The van der Waals surface area contributed by atoms with E-state index in [0.29, 0.717) is 17.0 Å². The molecule has 2 aliphatic carbocycles. The summed E-state index contributed by atoms with van der Waals surface area (Å²) in [6, 6.07) is 10.2. The van der Waals surface area contributed by atoms with Crippen LogP contribution in [0.5, 0.6) is 5.75 Å². The topological polar surface area (TPSA) is 9.23 Å². The van der Waals surface area contributed by atoms with Crippen LogP contribution in [0.4, 0.5) is 8.78 Å². The number of hydrogen-bond acceptors (Lipinski definition) is 1. The van der Waals surface area contributed by atoms with Gasteiger partial charge in [0.25, 0.3) is 0 Å². The maximum Gasteiger partial charge on any atom is 0.165 e. The predicted octanol–water partition coefficient (Wildman–Crippen LogP) is 8.91. The Balaban J connectivity index is 1.37. The Hall–Kier alpha value is -1.90. The predicted molar refractivity (Wildman–Crippen MR) is 128 cm³/mol. The van der Waals surface area contributed by atoms with Crippen LogP contribution in [0.3, 0.4) is 0 Å². The van der Waals surface area contributed by atoms with Gasteiger partial charge in [0.2, 0.25) is 0 Å². The Morgan fingerprint density at radius 3 is 2.41 bits per heavy atom. The Kier molecular flexibility index (Phi) is 7.86. The first-order valence-electron chi connectivity index (χ1n) is 12.7. The zero-order valence-corrected chi connectivity index (χ0v) is 19.7. The van der Waals surface area contributed by atoms with Crippen molar-refractivity contribution in [2.75, 3.05) is 7.11 Å². The lowest BCUT2D eigenvalue weighted by atomic mass is 9.63. The second-order valence-electron chi connectivity index (χ2n) is 10.1. The minimum Gasteiger partial charge on any atom is -0.494 e. The Morgan fingerprint density at radius 1 is 0.844 bits per heavy atom. The Bertz CT molecular complexity index is 893. The van der Waals surface area contributed by atoms with Crippen LogP contribution in [-0.4, -0.2) is 7.11 Å². The lowest BCUT2D eigenvalue weighted by Crippen LogP contribution is -2.30. The van der Waals surface area contributed by atoms with E-state index in [1.807, 2.05) is 6.07 Å². The van der Waals surface area contributed by atoms with Crippen molar-refractivity contribution in [1.29, 1.82) is 0 Å². The average molecular weight is 441 g/mol. The van der Waals surface area contributed by atoms with Crippen LogP contribution >= 0.6 is 0 Å². The highest BCUT2D eigenvalue weighted by molar-refractivity contribution is 5.65. The van der Waals surface area contributed by atoms with Gasteiger partial charge < -0.3 is 4.74 Å². The summed E-state index contributed by atoms with van der Waals surface area (Å²) in [6.07, 6.45) is 14.7. The monoisotopic (exact) mass is 440 g/mol. The molecule has 2 aliphatic rings. The zero-order chi connectivity index (χ0) is 22.5. The first-order chi connectivity index (χ1) is 15.6. The lowest BCUT2D eigenvalue weighted by molar-refractivity contribution is 0.113. The molecular weight excluding hydrogens is 402 g/mol. The van der Waals surface area contributed by atoms with E-state index in [1.165, 1.54) is 83.8 Å². The van der Waals surface area contributed by atoms with Gasteiger partial charge in [0.05, 0.1) is 7.11 Å². The highest BCUT2D eigenvalue weighted by Crippen LogP contribution is 2.48. The average Bonchev–Trinajstić information content (AvgIpc) is 2.81. The van der Waals surface area contributed by atoms with Gasteiger partial charge in [0.15, 0.2) is 11.6 Å². The van der Waals surface area contributed by atoms with Crippen molar-refractivity contribution in [2.24, 2.45) is 17.8 Å². The fourth-order valence-electron chi connectivity index (χ4n) is 6.26. The van der Waals surface area contributed by atoms with E-state index in [0.717, 1.165) is 23.3 Å². The third-order valence-corrected chi connectivity index (χ3v) is 8.11. The zero-order valence-electron chi connectivity index (χ0n) is 19.7. The summed E-state index contributed by atoms with van der Waals surface area (Å²) in [7, 11) is 1.43. The van der Waals surface area contributed by atoms with Crippen LogP contribution < -0.4 is 4.74 Å². The fraction of sp³-hybridized carbons (Fsp3) is 0.586. The number of fused-ring (bicyclic) bond motifs is 1. The van der Waals surface area contributed by atoms with Crippen LogP contribution in [0.15, 0.2) is 36.4 Å². The van der Waals surface area contributed by atoms with E-state index in [-0.39, 0.29) is 11.6 Å². The molecule has 2 fully saturated rings. The number of ether oxygens (including phenoxy) is 1. The van der Waals surface area contributed by atoms with Crippen molar-refractivity contribution in [1.82, 2.24) is 0 Å². The van der Waals surface area contributed by atoms with Gasteiger partial charge in [-0.3, -0.25) is 0 Å². The largest absolute Gasteiger partial charge is 0.494 e. The van der Waals surface area contributed by atoms with Crippen molar-refractivity contribution in [3.63, 3.8) is 0 Å². The molecule has 1 nitrogen and oxygen atoms in total. The molecule has 3 heteroatoms. The van der Waals surface area contributed by atoms with Gasteiger partial charge >= 0.3 is 0 Å². The summed E-state index contributed by atoms with van der Waals surface area (Å²) in [5, 5.41) is 0. The highest BCUT2D eigenvalue weighted by Gasteiger charge is 2.35. The maximum absolute atomic E-state index is 15.0. The van der Waals surface area contributed by atoms with Gasteiger partial charge in [-0.05, 0) is 85.1 Å². The smallest absolute Gasteiger partial charge is 0.165 e. The van der Waals surface area contributed by atoms with E-state index in [9.17, 15) is 4.39 Å². The molecule has 4 rings (SSSR count). The van der Waals surface area contributed by atoms with E-state index in [2.05, 4.69) is 13.0 Å². The van der Waals surface area contributed by atoms with Gasteiger partial charge in [-0.2, -0.15) is 0 Å². The van der Waals surface area contributed by atoms with Crippen molar-refractivity contribution >= 4 is 0 Å². The first kappa shape index (κ1) is 23.3. The van der Waals surface area contributed by atoms with Crippen LogP contribution in [0.1, 0.15) is 89.0 Å². The summed E-state index contributed by atoms with van der Waals surface area (Å²) in [6.45, 7) is 2.28. The third kappa shape index (κ3) is 5.35. The molecule has 2 aromatic carbocycles. The molecule has 0 aromatic heterocycles. The number of methoxy groups -OCH3 is 1. The molecule has 0 N–H and O–H groups in total. The van der Waals surface area contributed by atoms with Crippen LogP contribution in [0.2, 0.25) is 0 Å². The minimum atomic E-state index is -0.465. The van der Waals surface area contributed by atoms with Gasteiger partial charge in [0, 0.05) is 5.56 Å². The summed E-state index contributed by atoms with van der Waals surface area (Å²) < 4.78 is 34.1. The molecule has 0 bridgehead atoms. The number of benzene rings is 2. The molecule has 0 heterocycles. The lowest BCUT2D eigenvalue weighted by Gasteiger charge is -2.42. The van der Waals surface area contributed by atoms with Crippen molar-refractivity contribution in [3.05, 3.63) is 53.6 Å². The van der Waals surface area contributed by atoms with Gasteiger partial charge in [-0.1, -0.05) is 63.6 Å². The van der Waals surface area contributed by atoms with Gasteiger partial charge in [-0.15, -0.1) is 0 Å². The first-order valence-corrected chi connectivity index (χ1v) is 12.7. The number of hydrogen-bond donors (Lipinski definition) is 0.